The lowest BCUT2D eigenvalue weighted by Crippen LogP contribution is -2.06. The van der Waals surface area contributed by atoms with Crippen LogP contribution in [0, 0.1) is 20.8 Å². The summed E-state index contributed by atoms with van der Waals surface area (Å²) >= 11 is 0. The van der Waals surface area contributed by atoms with Gasteiger partial charge in [0.25, 0.3) is 0 Å². The van der Waals surface area contributed by atoms with Gasteiger partial charge < -0.3 is 10.2 Å². The Balaban J connectivity index is 2.73. The van der Waals surface area contributed by atoms with E-state index in [-0.39, 0.29) is 21.3 Å². The van der Waals surface area contributed by atoms with Gasteiger partial charge in [0.15, 0.2) is 0 Å². The third-order valence-electron chi connectivity index (χ3n) is 3.33. The van der Waals surface area contributed by atoms with Gasteiger partial charge in [0.05, 0.1) is 9.79 Å². The fourth-order valence-corrected chi connectivity index (χ4v) is 3.85. The molecule has 0 amide bonds. The zero-order valence-corrected chi connectivity index (χ0v) is 12.3. The first kappa shape index (κ1) is 14.4. The Labute approximate surface area is 118 Å². The van der Waals surface area contributed by atoms with Crippen molar-refractivity contribution in [3.05, 3.63) is 47.0 Å². The molecule has 4 nitrogen and oxygen atoms in total. The van der Waals surface area contributed by atoms with Crippen molar-refractivity contribution in [2.45, 2.75) is 30.6 Å². The van der Waals surface area contributed by atoms with Crippen LogP contribution in [0.25, 0.3) is 0 Å². The molecule has 0 saturated carbocycles. The highest BCUT2D eigenvalue weighted by atomic mass is 32.2. The Morgan fingerprint density at radius 3 is 2.05 bits per heavy atom. The maximum Gasteiger partial charge on any atom is 0.207 e. The van der Waals surface area contributed by atoms with Crippen molar-refractivity contribution in [1.29, 1.82) is 0 Å². The van der Waals surface area contributed by atoms with Gasteiger partial charge in [-0.25, -0.2) is 8.42 Å². The van der Waals surface area contributed by atoms with Gasteiger partial charge in [0.2, 0.25) is 9.84 Å². The molecule has 2 rings (SSSR count). The van der Waals surface area contributed by atoms with Crippen molar-refractivity contribution >= 4 is 9.84 Å². The molecular weight excluding hydrogens is 276 g/mol. The molecule has 5 heteroatoms. The van der Waals surface area contributed by atoms with E-state index in [2.05, 4.69) is 0 Å². The van der Waals surface area contributed by atoms with Crippen LogP contribution in [0.3, 0.4) is 0 Å². The van der Waals surface area contributed by atoms with Gasteiger partial charge in [-0.05, 0) is 50.1 Å². The number of sulfone groups is 1. The number of rotatable bonds is 2. The second kappa shape index (κ2) is 4.83. The molecule has 0 aliphatic carbocycles. The lowest BCUT2D eigenvalue weighted by atomic mass is 10.1. The average Bonchev–Trinajstić information content (AvgIpc) is 2.37. The number of phenolic OH excluding ortho intramolecular Hbond substituents is 2. The Bertz CT molecular complexity index is 777. The minimum atomic E-state index is -3.78. The normalized spacial score (nSPS) is 11.6. The van der Waals surface area contributed by atoms with Crippen molar-refractivity contribution in [2.24, 2.45) is 0 Å². The summed E-state index contributed by atoms with van der Waals surface area (Å²) in [5.41, 5.74) is 1.47. The second-order valence-electron chi connectivity index (χ2n) is 4.81. The van der Waals surface area contributed by atoms with Crippen molar-refractivity contribution in [3.8, 4) is 11.5 Å². The molecule has 0 atom stereocenters. The lowest BCUT2D eigenvalue weighted by Gasteiger charge is -2.13. The second-order valence-corrected chi connectivity index (χ2v) is 6.69. The van der Waals surface area contributed by atoms with Crippen molar-refractivity contribution in [2.75, 3.05) is 0 Å². The number of aromatic hydroxyl groups is 2. The van der Waals surface area contributed by atoms with Crippen LogP contribution in [-0.4, -0.2) is 18.6 Å². The molecule has 2 N–H and O–H groups in total. The molecule has 0 saturated heterocycles. The molecule has 2 aromatic carbocycles. The van der Waals surface area contributed by atoms with Crippen molar-refractivity contribution in [3.63, 3.8) is 0 Å². The van der Waals surface area contributed by atoms with Crippen LogP contribution in [0.2, 0.25) is 0 Å². The zero-order valence-electron chi connectivity index (χ0n) is 11.5. The van der Waals surface area contributed by atoms with Gasteiger partial charge in [-0.3, -0.25) is 0 Å². The molecule has 0 aliphatic rings. The minimum absolute atomic E-state index is 0.0115. The third kappa shape index (κ3) is 2.25. The summed E-state index contributed by atoms with van der Waals surface area (Å²) in [5.74, 6) is -0.132. The molecule has 0 spiro atoms. The maximum absolute atomic E-state index is 12.7. The van der Waals surface area contributed by atoms with E-state index in [1.165, 1.54) is 18.2 Å². The van der Waals surface area contributed by atoms with Gasteiger partial charge in [0.1, 0.15) is 11.5 Å². The molecule has 0 aromatic heterocycles. The van der Waals surface area contributed by atoms with Crippen LogP contribution in [0.15, 0.2) is 40.1 Å². The molecule has 0 aliphatic heterocycles. The highest BCUT2D eigenvalue weighted by molar-refractivity contribution is 7.91. The lowest BCUT2D eigenvalue weighted by molar-refractivity contribution is 0.467. The predicted molar refractivity (Wildman–Crippen MR) is 75.9 cm³/mol. The Morgan fingerprint density at radius 2 is 1.45 bits per heavy atom. The van der Waals surface area contributed by atoms with E-state index >= 15 is 0 Å². The van der Waals surface area contributed by atoms with Crippen LogP contribution < -0.4 is 0 Å². The standard InChI is InChI=1S/C15H16O4S/c1-9-4-6-12(8-14(9)17)20(18,19)15-10(2)5-7-13(16)11(15)3/h4-8,16-17H,1-3H3. The van der Waals surface area contributed by atoms with Crippen LogP contribution in [0.5, 0.6) is 11.5 Å². The molecule has 0 bridgehead atoms. The van der Waals surface area contributed by atoms with Gasteiger partial charge in [-0.15, -0.1) is 0 Å². The summed E-state index contributed by atoms with van der Waals surface area (Å²) in [6.45, 7) is 4.92. The maximum atomic E-state index is 12.7. The summed E-state index contributed by atoms with van der Waals surface area (Å²) in [7, 11) is -3.78. The first-order valence-electron chi connectivity index (χ1n) is 6.09. The smallest absolute Gasteiger partial charge is 0.207 e. The summed E-state index contributed by atoms with van der Waals surface area (Å²) < 4.78 is 25.3. The number of hydrogen-bond donors (Lipinski definition) is 2. The quantitative estimate of drug-likeness (QED) is 0.892. The van der Waals surface area contributed by atoms with Gasteiger partial charge in [-0.1, -0.05) is 12.1 Å². The van der Waals surface area contributed by atoms with E-state index in [1.807, 2.05) is 0 Å². The molecule has 2 aromatic rings. The van der Waals surface area contributed by atoms with E-state index in [4.69, 9.17) is 0 Å². The Hall–Kier alpha value is -2.01. The largest absolute Gasteiger partial charge is 0.508 e. The Morgan fingerprint density at radius 1 is 0.850 bits per heavy atom. The minimum Gasteiger partial charge on any atom is -0.508 e. The average molecular weight is 292 g/mol. The first-order chi connectivity index (χ1) is 9.25. The SMILES string of the molecule is Cc1ccc(S(=O)(=O)c2c(C)ccc(O)c2C)cc1O. The fourth-order valence-electron chi connectivity index (χ4n) is 2.10. The monoisotopic (exact) mass is 292 g/mol. The molecule has 0 unspecified atom stereocenters. The van der Waals surface area contributed by atoms with Crippen molar-refractivity contribution in [1.82, 2.24) is 0 Å². The van der Waals surface area contributed by atoms with Crippen LogP contribution in [0.4, 0.5) is 0 Å². The van der Waals surface area contributed by atoms with E-state index in [9.17, 15) is 18.6 Å². The first-order valence-corrected chi connectivity index (χ1v) is 7.57. The third-order valence-corrected chi connectivity index (χ3v) is 5.37. The molecule has 0 fully saturated rings. The van der Waals surface area contributed by atoms with Crippen LogP contribution >= 0.6 is 0 Å². The summed E-state index contributed by atoms with van der Waals surface area (Å²) in [4.78, 5) is 0.0955. The fraction of sp³-hybridized carbons (Fsp3) is 0.200. The van der Waals surface area contributed by atoms with Gasteiger partial charge in [-0.2, -0.15) is 0 Å². The molecule has 0 radical (unpaired) electrons. The number of hydrogen-bond acceptors (Lipinski definition) is 4. The Kier molecular flexibility index (Phi) is 3.48. The summed E-state index contributed by atoms with van der Waals surface area (Å²) in [5, 5.41) is 19.4. The van der Waals surface area contributed by atoms with Gasteiger partial charge in [0, 0.05) is 5.56 Å². The number of benzene rings is 2. The van der Waals surface area contributed by atoms with E-state index < -0.39 is 9.84 Å². The molecular formula is C15H16O4S. The molecule has 20 heavy (non-hydrogen) atoms. The number of phenols is 2. The highest BCUT2D eigenvalue weighted by Gasteiger charge is 2.24. The number of aryl methyl sites for hydroxylation is 2. The van der Waals surface area contributed by atoms with E-state index in [0.717, 1.165) is 0 Å². The zero-order chi connectivity index (χ0) is 15.1. The highest BCUT2D eigenvalue weighted by Crippen LogP contribution is 2.33. The van der Waals surface area contributed by atoms with E-state index in [1.54, 1.807) is 32.9 Å². The predicted octanol–water partition coefficient (Wildman–Crippen LogP) is 2.86. The summed E-state index contributed by atoms with van der Waals surface area (Å²) in [6, 6.07) is 7.26. The summed E-state index contributed by atoms with van der Waals surface area (Å²) in [6.07, 6.45) is 0. The van der Waals surface area contributed by atoms with Crippen LogP contribution in [0.1, 0.15) is 16.7 Å². The topological polar surface area (TPSA) is 74.6 Å². The van der Waals surface area contributed by atoms with Crippen LogP contribution in [-0.2, 0) is 9.84 Å². The van der Waals surface area contributed by atoms with Crippen molar-refractivity contribution < 1.29 is 18.6 Å². The van der Waals surface area contributed by atoms with Gasteiger partial charge >= 0.3 is 0 Å². The van der Waals surface area contributed by atoms with E-state index in [0.29, 0.717) is 16.7 Å². The molecule has 106 valence electrons. The molecule has 0 heterocycles.